The number of fused-ring (bicyclic) bond motifs is 1. The monoisotopic (exact) mass is 470 g/mol. The zero-order valence-corrected chi connectivity index (χ0v) is 20.0. The maximum absolute atomic E-state index is 15.1. The Morgan fingerprint density at radius 1 is 1.09 bits per heavy atom. The molecule has 3 aromatic rings. The van der Waals surface area contributed by atoms with Gasteiger partial charge >= 0.3 is 0 Å². The summed E-state index contributed by atoms with van der Waals surface area (Å²) in [6.07, 6.45) is 3.11. The Labute approximate surface area is 197 Å². The van der Waals surface area contributed by atoms with E-state index in [9.17, 15) is 4.79 Å². The number of ether oxygens (including phenoxy) is 4. The zero-order chi connectivity index (χ0) is 25.0. The van der Waals surface area contributed by atoms with E-state index >= 15 is 4.39 Å². The van der Waals surface area contributed by atoms with E-state index in [-0.39, 0.29) is 28.2 Å². The smallest absolute Gasteiger partial charge is 0.208 e. The van der Waals surface area contributed by atoms with Crippen molar-refractivity contribution in [2.45, 2.75) is 12.8 Å². The number of hydrazone groups is 1. The number of rotatable bonds is 10. The molecule has 0 radical (unpaired) electrons. The Balaban J connectivity index is 2.26. The largest absolute Gasteiger partial charge is 0.494 e. The third-order valence-electron chi connectivity index (χ3n) is 5.31. The van der Waals surface area contributed by atoms with Gasteiger partial charge in [0, 0.05) is 30.4 Å². The van der Waals surface area contributed by atoms with E-state index < -0.39 is 17.5 Å². The van der Waals surface area contributed by atoms with Crippen LogP contribution in [0.2, 0.25) is 0 Å². The van der Waals surface area contributed by atoms with Crippen LogP contribution in [0.4, 0.5) is 4.39 Å². The van der Waals surface area contributed by atoms with E-state index in [1.807, 2.05) is 0 Å². The van der Waals surface area contributed by atoms with Gasteiger partial charge in [-0.15, -0.1) is 0 Å². The predicted octanol–water partition coefficient (Wildman–Crippen LogP) is 5.00. The first-order chi connectivity index (χ1) is 16.3. The fourth-order valence-corrected chi connectivity index (χ4v) is 3.52. The minimum atomic E-state index is -0.697. The van der Waals surface area contributed by atoms with Gasteiger partial charge in [0.25, 0.3) is 0 Å². The summed E-state index contributed by atoms with van der Waals surface area (Å²) in [5.74, 6) is -0.338. The molecule has 0 aliphatic carbocycles. The van der Waals surface area contributed by atoms with Crippen LogP contribution in [-0.4, -0.2) is 52.5 Å². The molecule has 2 aromatic carbocycles. The summed E-state index contributed by atoms with van der Waals surface area (Å²) in [7, 11) is 7.46. The molecule has 0 amide bonds. The molecule has 0 spiro atoms. The van der Waals surface area contributed by atoms with Gasteiger partial charge in [0.05, 0.1) is 39.9 Å². The van der Waals surface area contributed by atoms with Crippen LogP contribution in [0, 0.1) is 5.82 Å². The molecule has 8 nitrogen and oxygen atoms in total. The first kappa shape index (κ1) is 24.6. The number of hydrogen-bond donors (Lipinski definition) is 0. The van der Waals surface area contributed by atoms with E-state index in [0.717, 1.165) is 0 Å². The lowest BCUT2D eigenvalue weighted by Crippen LogP contribution is -2.09. The summed E-state index contributed by atoms with van der Waals surface area (Å²) < 4.78 is 42.2. The van der Waals surface area contributed by atoms with Gasteiger partial charge in [0.1, 0.15) is 5.76 Å². The van der Waals surface area contributed by atoms with Crippen molar-refractivity contribution in [2.75, 3.05) is 35.5 Å². The van der Waals surface area contributed by atoms with Crippen molar-refractivity contribution in [3.8, 4) is 23.0 Å². The highest BCUT2D eigenvalue weighted by atomic mass is 19.1. The van der Waals surface area contributed by atoms with Gasteiger partial charge in [-0.2, -0.15) is 9.49 Å². The third kappa shape index (κ3) is 4.41. The topological polar surface area (TPSA) is 82.7 Å². The maximum atomic E-state index is 15.1. The van der Waals surface area contributed by atoms with E-state index in [1.54, 1.807) is 26.3 Å². The molecule has 0 bridgehead atoms. The summed E-state index contributed by atoms with van der Waals surface area (Å²) in [6.45, 7) is 5.44. The van der Waals surface area contributed by atoms with Gasteiger partial charge < -0.3 is 23.4 Å². The Bertz CT molecular complexity index is 1220. The molecule has 0 aliphatic heterocycles. The first-order valence-corrected chi connectivity index (χ1v) is 10.3. The van der Waals surface area contributed by atoms with Gasteiger partial charge in [-0.25, -0.2) is 0 Å². The van der Waals surface area contributed by atoms with Crippen LogP contribution in [-0.2, 0) is 0 Å². The van der Waals surface area contributed by atoms with Gasteiger partial charge in [-0.3, -0.25) is 9.80 Å². The summed E-state index contributed by atoms with van der Waals surface area (Å²) >= 11 is 0. The second-order valence-electron chi connectivity index (χ2n) is 7.35. The maximum Gasteiger partial charge on any atom is 0.208 e. The van der Waals surface area contributed by atoms with Crippen LogP contribution < -0.4 is 18.9 Å². The number of benzene rings is 2. The Kier molecular flexibility index (Phi) is 7.45. The lowest BCUT2D eigenvalue weighted by atomic mass is 9.95. The molecule has 9 heteroatoms. The molecule has 180 valence electrons. The van der Waals surface area contributed by atoms with Crippen LogP contribution in [0.5, 0.6) is 23.0 Å². The quantitative estimate of drug-likeness (QED) is 0.234. The molecule has 0 fully saturated rings. The van der Waals surface area contributed by atoms with Crippen LogP contribution >= 0.6 is 0 Å². The van der Waals surface area contributed by atoms with Crippen LogP contribution in [0.1, 0.15) is 34.5 Å². The van der Waals surface area contributed by atoms with Gasteiger partial charge in [0.2, 0.25) is 11.6 Å². The molecular weight excluding hydrogens is 443 g/mol. The number of carbonyl (C=O) groups excluding carboxylic acids is 1. The Morgan fingerprint density at radius 2 is 1.71 bits per heavy atom. The molecule has 1 unspecified atom stereocenters. The number of methoxy groups -OCH3 is 4. The van der Waals surface area contributed by atoms with E-state index in [2.05, 4.69) is 11.7 Å². The average Bonchev–Trinajstić information content (AvgIpc) is 3.26. The summed E-state index contributed by atoms with van der Waals surface area (Å²) in [6, 6.07) is 6.12. The zero-order valence-electron chi connectivity index (χ0n) is 20.0. The second kappa shape index (κ2) is 10.3. The van der Waals surface area contributed by atoms with Crippen molar-refractivity contribution in [1.82, 2.24) is 5.01 Å². The predicted molar refractivity (Wildman–Crippen MR) is 127 cm³/mol. The minimum Gasteiger partial charge on any atom is -0.494 e. The standard InChI is InChI=1S/C25H27FN2O6/c1-8-28(3)27-13-14(2)23-20(16-9-10-17(30-4)21(26)24(16)34-23)22(29)15-11-18(31-5)25(33-7)19(12-15)32-6/h8-14H,1H2,2-7H3/b27-13-. The van der Waals surface area contributed by atoms with E-state index in [0.29, 0.717) is 22.6 Å². The van der Waals surface area contributed by atoms with Crippen LogP contribution in [0.3, 0.4) is 0 Å². The Hall–Kier alpha value is -4.01. The molecule has 0 saturated carbocycles. The van der Waals surface area contributed by atoms with Crippen molar-refractivity contribution in [1.29, 1.82) is 0 Å². The molecule has 34 heavy (non-hydrogen) atoms. The lowest BCUT2D eigenvalue weighted by molar-refractivity contribution is 0.103. The highest BCUT2D eigenvalue weighted by Gasteiger charge is 2.29. The van der Waals surface area contributed by atoms with Crippen molar-refractivity contribution in [3.63, 3.8) is 0 Å². The summed E-state index contributed by atoms with van der Waals surface area (Å²) in [4.78, 5) is 13.8. The highest BCUT2D eigenvalue weighted by Crippen LogP contribution is 2.41. The van der Waals surface area contributed by atoms with Gasteiger partial charge in [0.15, 0.2) is 28.6 Å². The minimum absolute atomic E-state index is 0.00676. The molecule has 0 aliphatic rings. The average molecular weight is 470 g/mol. The van der Waals surface area contributed by atoms with Crippen LogP contribution in [0.15, 0.2) is 46.6 Å². The summed E-state index contributed by atoms with van der Waals surface area (Å²) in [5, 5.41) is 6.05. The lowest BCUT2D eigenvalue weighted by Gasteiger charge is -2.14. The molecule has 1 heterocycles. The van der Waals surface area contributed by atoms with Crippen molar-refractivity contribution in [2.24, 2.45) is 5.10 Å². The van der Waals surface area contributed by atoms with Crippen LogP contribution in [0.25, 0.3) is 11.0 Å². The highest BCUT2D eigenvalue weighted by molar-refractivity contribution is 6.18. The Morgan fingerprint density at radius 3 is 2.24 bits per heavy atom. The molecule has 1 atom stereocenters. The molecular formula is C25H27FN2O6. The second-order valence-corrected chi connectivity index (χ2v) is 7.35. The van der Waals surface area contributed by atoms with Crippen molar-refractivity contribution < 1.29 is 32.5 Å². The number of nitrogens with zero attached hydrogens (tertiary/aromatic N) is 2. The fourth-order valence-electron chi connectivity index (χ4n) is 3.52. The number of halogens is 1. The van der Waals surface area contributed by atoms with Crippen molar-refractivity contribution in [3.05, 3.63) is 59.7 Å². The van der Waals surface area contributed by atoms with E-state index in [1.165, 1.54) is 57.8 Å². The first-order valence-electron chi connectivity index (χ1n) is 10.3. The number of ketones is 1. The molecule has 1 aromatic heterocycles. The summed E-state index contributed by atoms with van der Waals surface area (Å²) in [5.41, 5.74) is 0.371. The number of hydrogen-bond acceptors (Lipinski definition) is 8. The fraction of sp³-hybridized carbons (Fsp3) is 0.280. The van der Waals surface area contributed by atoms with E-state index in [4.69, 9.17) is 23.4 Å². The van der Waals surface area contributed by atoms with Gasteiger partial charge in [-0.1, -0.05) is 13.5 Å². The molecule has 0 saturated heterocycles. The number of carbonyl (C=O) groups is 1. The number of furan rings is 1. The molecule has 3 rings (SSSR count). The third-order valence-corrected chi connectivity index (χ3v) is 5.31. The molecule has 0 N–H and O–H groups in total. The van der Waals surface area contributed by atoms with Crippen molar-refractivity contribution >= 4 is 23.0 Å². The normalized spacial score (nSPS) is 12.0. The SMILES string of the molecule is C=CN(C)/N=C\C(C)c1oc2c(F)c(OC)ccc2c1C(=O)c1cc(OC)c(OC)c(OC)c1. The van der Waals surface area contributed by atoms with Gasteiger partial charge in [-0.05, 0) is 24.3 Å².